The average molecular weight is 498 g/mol. The van der Waals surface area contributed by atoms with E-state index in [0.717, 1.165) is 0 Å². The molecule has 11 heteroatoms. The summed E-state index contributed by atoms with van der Waals surface area (Å²) in [6.45, 7) is 2.55. The van der Waals surface area contributed by atoms with Crippen LogP contribution in [0.2, 0.25) is 0 Å². The number of Topliss-reactive ketones (excluding diaryl/α,β-unsaturated/α-hetero) is 2. The van der Waals surface area contributed by atoms with Crippen molar-refractivity contribution < 1.29 is 39.6 Å². The molecule has 0 aromatic heterocycles. The molecule has 0 radical (unpaired) electrons. The summed E-state index contributed by atoms with van der Waals surface area (Å²) in [5.41, 5.74) is 2.38. The van der Waals surface area contributed by atoms with E-state index >= 15 is 0 Å². The summed E-state index contributed by atoms with van der Waals surface area (Å²) in [5.74, 6) is -6.83. The molecule has 1 heterocycles. The molecule has 0 spiro atoms. The number of phenols is 1. The van der Waals surface area contributed by atoms with Crippen LogP contribution in [0.3, 0.4) is 0 Å². The van der Waals surface area contributed by atoms with Crippen LogP contribution in [0.5, 0.6) is 5.75 Å². The molecule has 5 rings (SSSR count). The predicted octanol–water partition coefficient (Wildman–Crippen LogP) is -0.433. The van der Waals surface area contributed by atoms with Gasteiger partial charge in [0.25, 0.3) is 5.91 Å². The van der Waals surface area contributed by atoms with Crippen LogP contribution in [0.1, 0.15) is 24.5 Å². The minimum atomic E-state index is -2.68. The van der Waals surface area contributed by atoms with E-state index in [1.807, 2.05) is 0 Å². The molecule has 3 aliphatic carbocycles. The van der Waals surface area contributed by atoms with Gasteiger partial charge in [-0.1, -0.05) is 12.1 Å². The maximum absolute atomic E-state index is 13.8. The van der Waals surface area contributed by atoms with E-state index in [0.29, 0.717) is 18.7 Å². The van der Waals surface area contributed by atoms with Gasteiger partial charge in [-0.05, 0) is 30.4 Å². The fourth-order valence-corrected chi connectivity index (χ4v) is 6.32. The van der Waals surface area contributed by atoms with Gasteiger partial charge < -0.3 is 31.1 Å². The maximum Gasteiger partial charge on any atom is 0.255 e. The van der Waals surface area contributed by atoms with Crippen LogP contribution in [0.15, 0.2) is 35.1 Å². The minimum absolute atomic E-state index is 0.0379. The van der Waals surface area contributed by atoms with E-state index in [9.17, 15) is 39.6 Å². The monoisotopic (exact) mass is 497 g/mol. The molecule has 1 aliphatic heterocycles. The van der Waals surface area contributed by atoms with Crippen molar-refractivity contribution >= 4 is 29.1 Å². The quantitative estimate of drug-likeness (QED) is 0.339. The van der Waals surface area contributed by atoms with E-state index in [2.05, 4.69) is 0 Å². The molecule has 190 valence electrons. The zero-order valence-corrected chi connectivity index (χ0v) is 19.6. The molecule has 4 aliphatic rings. The van der Waals surface area contributed by atoms with Gasteiger partial charge in [-0.2, -0.15) is 0 Å². The number of phenolic OH excluding ortho intramolecular Hbond substituents is 1. The molecule has 1 saturated heterocycles. The average Bonchev–Trinajstić information content (AvgIpc) is 2.81. The van der Waals surface area contributed by atoms with Gasteiger partial charge in [0.15, 0.2) is 11.4 Å². The van der Waals surface area contributed by atoms with Crippen LogP contribution in [0.25, 0.3) is 5.76 Å². The third-order valence-corrected chi connectivity index (χ3v) is 8.05. The summed E-state index contributed by atoms with van der Waals surface area (Å²) in [7, 11) is 0. The second-order valence-corrected chi connectivity index (χ2v) is 9.85. The second kappa shape index (κ2) is 8.17. The second-order valence-electron chi connectivity index (χ2n) is 9.85. The van der Waals surface area contributed by atoms with Crippen molar-refractivity contribution in [3.05, 3.63) is 46.2 Å². The zero-order valence-electron chi connectivity index (χ0n) is 19.6. The van der Waals surface area contributed by atoms with Crippen LogP contribution in [-0.2, 0) is 25.6 Å². The molecule has 2 fully saturated rings. The first-order chi connectivity index (χ1) is 17.0. The van der Waals surface area contributed by atoms with E-state index in [4.69, 9.17) is 5.73 Å². The Bertz CT molecular complexity index is 1280. The lowest BCUT2D eigenvalue weighted by Crippen LogP contribution is -2.68. The van der Waals surface area contributed by atoms with E-state index < -0.39 is 58.0 Å². The Morgan fingerprint density at radius 2 is 1.75 bits per heavy atom. The highest BCUT2D eigenvalue weighted by molar-refractivity contribution is 6.24. The lowest BCUT2D eigenvalue weighted by molar-refractivity contribution is -0.156. The van der Waals surface area contributed by atoms with Crippen molar-refractivity contribution in [2.24, 2.45) is 17.6 Å². The topological polar surface area (TPSA) is 182 Å². The van der Waals surface area contributed by atoms with Crippen LogP contribution in [0.4, 0.5) is 0 Å². The van der Waals surface area contributed by atoms with Gasteiger partial charge in [-0.15, -0.1) is 0 Å². The largest absolute Gasteiger partial charge is 0.508 e. The third-order valence-electron chi connectivity index (χ3n) is 8.05. The minimum Gasteiger partial charge on any atom is -0.508 e. The number of fused-ring (bicyclic) bond motifs is 3. The molecular formula is C25H27N3O8. The zero-order chi connectivity index (χ0) is 26.1. The van der Waals surface area contributed by atoms with Crippen LogP contribution in [0, 0.1) is 11.8 Å². The van der Waals surface area contributed by atoms with Gasteiger partial charge in [0.2, 0.25) is 11.7 Å². The third kappa shape index (κ3) is 3.19. The first kappa shape index (κ1) is 24.0. The molecule has 1 aromatic rings. The molecule has 36 heavy (non-hydrogen) atoms. The molecular weight excluding hydrogens is 470 g/mol. The molecule has 1 saturated carbocycles. The number of carbonyl (C=O) groups excluding carboxylic acids is 4. The Labute approximate surface area is 206 Å². The number of carbonyl (C=O) groups is 4. The lowest BCUT2D eigenvalue weighted by Gasteiger charge is -2.52. The van der Waals surface area contributed by atoms with Crippen LogP contribution < -0.4 is 5.73 Å². The summed E-state index contributed by atoms with van der Waals surface area (Å²) in [4.78, 5) is 54.6. The first-order valence-electron chi connectivity index (χ1n) is 11.8. The molecule has 0 unspecified atom stereocenters. The Balaban J connectivity index is 1.64. The standard InChI is InChI=1S/C25H27N3O8/c1-11(29)27-5-7-28(8-6-27)19-14-10-13-9-12-3-2-4-15(30)16(12)20(31)17(13)22(33)25(14,36)23(34)18(21(19)32)24(26)35/h2-4,13-14,19,30-31,34,36H,5-10H2,1H3,(H2,26,35)/t13-,14-,19+,25-/m0/s1. The van der Waals surface area contributed by atoms with E-state index in [1.165, 1.54) is 13.0 Å². The summed E-state index contributed by atoms with van der Waals surface area (Å²) >= 11 is 0. The number of benzene rings is 1. The van der Waals surface area contributed by atoms with Crippen molar-refractivity contribution in [1.82, 2.24) is 9.80 Å². The highest BCUT2D eigenvalue weighted by Crippen LogP contribution is 2.52. The van der Waals surface area contributed by atoms with E-state index in [-0.39, 0.29) is 48.7 Å². The SMILES string of the molecule is CC(=O)N1CCN([C@H]2C(=O)C(C(N)=O)=C(O)[C@@]3(O)C(=O)C4=C(O)c5c(O)cccc5C[C@H]4C[C@@H]23)CC1. The number of amides is 2. The summed E-state index contributed by atoms with van der Waals surface area (Å²) < 4.78 is 0. The number of aliphatic hydroxyl groups is 3. The lowest BCUT2D eigenvalue weighted by atomic mass is 9.57. The maximum atomic E-state index is 13.8. The number of aromatic hydroxyl groups is 1. The van der Waals surface area contributed by atoms with Crippen molar-refractivity contribution in [3.63, 3.8) is 0 Å². The van der Waals surface area contributed by atoms with Gasteiger partial charge >= 0.3 is 0 Å². The van der Waals surface area contributed by atoms with Crippen molar-refractivity contribution in [1.29, 1.82) is 0 Å². The van der Waals surface area contributed by atoms with Gasteiger partial charge in [-0.3, -0.25) is 24.1 Å². The number of piperazine rings is 1. The Morgan fingerprint density at radius 3 is 2.36 bits per heavy atom. The number of nitrogens with two attached hydrogens (primary N) is 1. The Morgan fingerprint density at radius 1 is 1.08 bits per heavy atom. The summed E-state index contributed by atoms with van der Waals surface area (Å²) in [5, 5.41) is 44.0. The predicted molar refractivity (Wildman–Crippen MR) is 124 cm³/mol. The summed E-state index contributed by atoms with van der Waals surface area (Å²) in [6.07, 6.45) is 0.295. The Hall–Kier alpha value is -3.70. The Kier molecular flexibility index (Phi) is 5.45. The van der Waals surface area contributed by atoms with Crippen LogP contribution in [-0.4, -0.2) is 91.4 Å². The number of nitrogens with zero attached hydrogens (tertiary/aromatic N) is 2. The fourth-order valence-electron chi connectivity index (χ4n) is 6.32. The molecule has 11 nitrogen and oxygen atoms in total. The van der Waals surface area contributed by atoms with Crippen molar-refractivity contribution in [2.75, 3.05) is 26.2 Å². The van der Waals surface area contributed by atoms with Crippen molar-refractivity contribution in [3.8, 4) is 5.75 Å². The van der Waals surface area contributed by atoms with Crippen LogP contribution >= 0.6 is 0 Å². The number of rotatable bonds is 2. The number of hydrogen-bond acceptors (Lipinski definition) is 9. The first-order valence-corrected chi connectivity index (χ1v) is 11.8. The molecule has 6 N–H and O–H groups in total. The number of hydrogen-bond donors (Lipinski definition) is 5. The normalized spacial score (nSPS) is 30.6. The highest BCUT2D eigenvalue weighted by Gasteiger charge is 2.64. The number of ketones is 2. The molecule has 4 atom stereocenters. The van der Waals surface area contributed by atoms with Gasteiger partial charge in [0.1, 0.15) is 22.8 Å². The smallest absolute Gasteiger partial charge is 0.255 e. The van der Waals surface area contributed by atoms with Gasteiger partial charge in [0.05, 0.1) is 11.6 Å². The molecule has 1 aromatic carbocycles. The van der Waals surface area contributed by atoms with Gasteiger partial charge in [-0.25, -0.2) is 0 Å². The van der Waals surface area contributed by atoms with E-state index in [1.54, 1.807) is 21.9 Å². The summed E-state index contributed by atoms with van der Waals surface area (Å²) in [6, 6.07) is 3.53. The highest BCUT2D eigenvalue weighted by atomic mass is 16.3. The molecule has 2 amide bonds. The van der Waals surface area contributed by atoms with Crippen molar-refractivity contribution in [2.45, 2.75) is 31.4 Å². The van der Waals surface area contributed by atoms with Gasteiger partial charge in [0, 0.05) is 44.6 Å². The number of aliphatic hydroxyl groups excluding tert-OH is 2. The number of primary amides is 1. The molecule has 0 bridgehead atoms. The fraction of sp³-hybridized carbons (Fsp3) is 0.440.